The fraction of sp³-hybridized carbons (Fsp3) is 0.333. The molecule has 0 aliphatic heterocycles. The normalized spacial score (nSPS) is 23.0. The summed E-state index contributed by atoms with van der Waals surface area (Å²) in [6.07, 6.45) is 0.278. The van der Waals surface area contributed by atoms with Gasteiger partial charge in [-0.3, -0.25) is 4.79 Å². The molecule has 4 heteroatoms. The van der Waals surface area contributed by atoms with Crippen LogP contribution < -0.4 is 0 Å². The van der Waals surface area contributed by atoms with Crippen molar-refractivity contribution >= 4 is 27.7 Å². The van der Waals surface area contributed by atoms with Crippen molar-refractivity contribution in [1.29, 1.82) is 0 Å². The Labute approximate surface area is 102 Å². The number of esters is 1. The Morgan fingerprint density at radius 2 is 2.19 bits per heavy atom. The number of ether oxygens (including phenoxy) is 1. The lowest BCUT2D eigenvalue weighted by Gasteiger charge is -2.19. The maximum absolute atomic E-state index is 11.9. The van der Waals surface area contributed by atoms with Gasteiger partial charge in [0.1, 0.15) is 0 Å². The molecule has 0 amide bonds. The van der Waals surface area contributed by atoms with Gasteiger partial charge in [-0.15, -0.1) is 0 Å². The third-order valence-electron chi connectivity index (χ3n) is 2.68. The van der Waals surface area contributed by atoms with Crippen LogP contribution in [0.2, 0.25) is 0 Å². The molecule has 1 aromatic rings. The van der Waals surface area contributed by atoms with Crippen molar-refractivity contribution in [3.8, 4) is 0 Å². The highest BCUT2D eigenvalue weighted by molar-refractivity contribution is 9.10. The summed E-state index contributed by atoms with van der Waals surface area (Å²) in [7, 11) is 0. The van der Waals surface area contributed by atoms with E-state index in [1.807, 2.05) is 18.2 Å². The van der Waals surface area contributed by atoms with Crippen LogP contribution in [0.25, 0.3) is 0 Å². The number of rotatable bonds is 2. The number of Topliss-reactive ketones (excluding diaryl/α,β-unsaturated/α-hetero) is 1. The third kappa shape index (κ3) is 1.48. The molecule has 16 heavy (non-hydrogen) atoms. The second-order valence-corrected chi connectivity index (χ2v) is 4.83. The van der Waals surface area contributed by atoms with Crippen LogP contribution in [0.4, 0.5) is 0 Å². The van der Waals surface area contributed by atoms with E-state index in [0.29, 0.717) is 5.56 Å². The lowest BCUT2D eigenvalue weighted by molar-refractivity contribution is -0.148. The minimum absolute atomic E-state index is 0.160. The number of hydrogen-bond acceptors (Lipinski definition) is 3. The van der Waals surface area contributed by atoms with Crippen LogP contribution in [0.5, 0.6) is 0 Å². The van der Waals surface area contributed by atoms with Gasteiger partial charge in [-0.05, 0) is 18.1 Å². The van der Waals surface area contributed by atoms with E-state index < -0.39 is 10.3 Å². The van der Waals surface area contributed by atoms with Crippen molar-refractivity contribution in [3.05, 3.63) is 35.4 Å². The highest BCUT2D eigenvalue weighted by Crippen LogP contribution is 2.42. The Morgan fingerprint density at radius 3 is 2.88 bits per heavy atom. The van der Waals surface area contributed by atoms with E-state index in [1.54, 1.807) is 13.0 Å². The summed E-state index contributed by atoms with van der Waals surface area (Å²) in [6, 6.07) is 7.31. The van der Waals surface area contributed by atoms with Gasteiger partial charge in [-0.25, -0.2) is 4.79 Å². The quantitative estimate of drug-likeness (QED) is 0.473. The van der Waals surface area contributed by atoms with Gasteiger partial charge in [0, 0.05) is 6.42 Å². The first kappa shape index (κ1) is 11.3. The molecule has 0 fully saturated rings. The summed E-state index contributed by atoms with van der Waals surface area (Å²) in [4.78, 5) is 23.8. The Bertz CT molecular complexity index is 455. The topological polar surface area (TPSA) is 43.4 Å². The number of ketones is 1. The molecule has 0 aromatic heterocycles. The third-order valence-corrected chi connectivity index (χ3v) is 3.87. The summed E-state index contributed by atoms with van der Waals surface area (Å²) in [5, 5.41) is 0. The molecule has 1 aromatic carbocycles. The van der Waals surface area contributed by atoms with Crippen LogP contribution in [0.1, 0.15) is 18.1 Å². The molecule has 0 saturated heterocycles. The zero-order valence-electron chi connectivity index (χ0n) is 8.83. The Kier molecular flexibility index (Phi) is 2.84. The van der Waals surface area contributed by atoms with E-state index in [-0.39, 0.29) is 18.8 Å². The lowest BCUT2D eigenvalue weighted by Crippen LogP contribution is -2.36. The van der Waals surface area contributed by atoms with Crippen LogP contribution in [-0.2, 0) is 25.1 Å². The zero-order valence-corrected chi connectivity index (χ0v) is 10.4. The van der Waals surface area contributed by atoms with Crippen molar-refractivity contribution < 1.29 is 14.3 Å². The minimum atomic E-state index is -1.29. The molecule has 1 aliphatic carbocycles. The largest absolute Gasteiger partial charge is 0.464 e. The predicted molar refractivity (Wildman–Crippen MR) is 62.4 cm³/mol. The number of halogens is 1. The first-order chi connectivity index (χ1) is 7.60. The Morgan fingerprint density at radius 1 is 1.50 bits per heavy atom. The molecule has 1 aliphatic rings. The van der Waals surface area contributed by atoms with Crippen LogP contribution in [0.15, 0.2) is 24.3 Å². The van der Waals surface area contributed by atoms with Gasteiger partial charge in [0.05, 0.1) is 6.61 Å². The molecule has 1 atom stereocenters. The van der Waals surface area contributed by atoms with Gasteiger partial charge in [0.15, 0.2) is 5.78 Å². The smallest absolute Gasteiger partial charge is 0.335 e. The molecule has 0 saturated carbocycles. The van der Waals surface area contributed by atoms with Gasteiger partial charge < -0.3 is 4.74 Å². The Balaban J connectivity index is 2.48. The molecule has 84 valence electrons. The van der Waals surface area contributed by atoms with E-state index in [2.05, 4.69) is 15.9 Å². The number of carbonyl (C=O) groups excluding carboxylic acids is 2. The predicted octanol–water partition coefficient (Wildman–Crippen LogP) is 1.97. The first-order valence-corrected chi connectivity index (χ1v) is 5.87. The summed E-state index contributed by atoms with van der Waals surface area (Å²) in [5.74, 6) is -0.683. The number of alkyl halides is 1. The van der Waals surface area contributed by atoms with Crippen LogP contribution in [-0.4, -0.2) is 18.4 Å². The van der Waals surface area contributed by atoms with Crippen LogP contribution >= 0.6 is 15.9 Å². The fourth-order valence-electron chi connectivity index (χ4n) is 1.91. The maximum Gasteiger partial charge on any atom is 0.335 e. The highest BCUT2D eigenvalue weighted by Gasteiger charge is 2.51. The van der Waals surface area contributed by atoms with Crippen molar-refractivity contribution in [2.24, 2.45) is 0 Å². The van der Waals surface area contributed by atoms with Crippen LogP contribution in [0.3, 0.4) is 0 Å². The van der Waals surface area contributed by atoms with Gasteiger partial charge in [0.25, 0.3) is 0 Å². The first-order valence-electron chi connectivity index (χ1n) is 5.08. The second-order valence-electron chi connectivity index (χ2n) is 3.64. The maximum atomic E-state index is 11.9. The van der Waals surface area contributed by atoms with E-state index >= 15 is 0 Å². The average Bonchev–Trinajstić information content (AvgIpc) is 2.53. The van der Waals surface area contributed by atoms with Crippen molar-refractivity contribution in [1.82, 2.24) is 0 Å². The molecule has 0 N–H and O–H groups in total. The summed E-state index contributed by atoms with van der Waals surface area (Å²) in [5.41, 5.74) is 1.59. The average molecular weight is 283 g/mol. The summed E-state index contributed by atoms with van der Waals surface area (Å²) in [6.45, 7) is 1.99. The fourth-order valence-corrected chi connectivity index (χ4v) is 2.55. The monoisotopic (exact) mass is 282 g/mol. The van der Waals surface area contributed by atoms with Crippen LogP contribution in [0, 0.1) is 0 Å². The highest BCUT2D eigenvalue weighted by atomic mass is 79.9. The molecule has 0 radical (unpaired) electrons. The molecule has 3 nitrogen and oxygen atoms in total. The standard InChI is InChI=1S/C12H11BrO3/c1-2-16-11(15)12(13)9-6-4-3-5-8(9)7-10(12)14/h3-6H,2,7H2,1H3. The van der Waals surface area contributed by atoms with E-state index in [9.17, 15) is 9.59 Å². The molecular weight excluding hydrogens is 272 g/mol. The molecule has 0 spiro atoms. The Hall–Kier alpha value is -1.16. The van der Waals surface area contributed by atoms with Gasteiger partial charge in [-0.1, -0.05) is 40.2 Å². The second kappa shape index (κ2) is 4.01. The van der Waals surface area contributed by atoms with Crippen molar-refractivity contribution in [2.45, 2.75) is 17.7 Å². The molecule has 2 rings (SSSR count). The number of benzene rings is 1. The minimum Gasteiger partial charge on any atom is -0.464 e. The molecule has 0 heterocycles. The number of fused-ring (bicyclic) bond motifs is 1. The number of hydrogen-bond donors (Lipinski definition) is 0. The van der Waals surface area contributed by atoms with Gasteiger partial charge >= 0.3 is 5.97 Å². The van der Waals surface area contributed by atoms with Gasteiger partial charge in [0.2, 0.25) is 4.32 Å². The number of carbonyl (C=O) groups is 2. The van der Waals surface area contributed by atoms with E-state index in [1.165, 1.54) is 0 Å². The van der Waals surface area contributed by atoms with E-state index in [4.69, 9.17) is 4.74 Å². The zero-order chi connectivity index (χ0) is 11.8. The lowest BCUT2D eigenvalue weighted by atomic mass is 10.0. The molecule has 1 unspecified atom stereocenters. The molecular formula is C12H11BrO3. The molecule has 0 bridgehead atoms. The summed E-state index contributed by atoms with van der Waals surface area (Å²) < 4.78 is 3.66. The van der Waals surface area contributed by atoms with Gasteiger partial charge in [-0.2, -0.15) is 0 Å². The van der Waals surface area contributed by atoms with Crippen molar-refractivity contribution in [2.75, 3.05) is 6.61 Å². The van der Waals surface area contributed by atoms with E-state index in [0.717, 1.165) is 5.56 Å². The van der Waals surface area contributed by atoms with Crippen molar-refractivity contribution in [3.63, 3.8) is 0 Å². The SMILES string of the molecule is CCOC(=O)C1(Br)C(=O)Cc2ccccc21. The summed E-state index contributed by atoms with van der Waals surface area (Å²) >= 11 is 3.25.